The van der Waals surface area contributed by atoms with Crippen LogP contribution >= 0.6 is 0 Å². The maximum atomic E-state index is 14.4. The summed E-state index contributed by atoms with van der Waals surface area (Å²) >= 11 is 0. The standard InChI is InChI=1S/C20H22FN3O/c1-14-10-16(8-7-15-5-6-15)19(21)11-18(14)20-13-24(23-22-20)12-17-4-2-3-9-25-17/h10-11,13,15,17H,2-6,9,12H2,1H3/t17-/m1/s1. The minimum atomic E-state index is -0.293. The minimum Gasteiger partial charge on any atom is -0.376 e. The van der Waals surface area contributed by atoms with Crippen molar-refractivity contribution in [2.24, 2.45) is 5.92 Å². The molecule has 1 aliphatic heterocycles. The summed E-state index contributed by atoms with van der Waals surface area (Å²) in [5.74, 6) is 6.25. The van der Waals surface area contributed by atoms with Crippen LogP contribution in [0.5, 0.6) is 0 Å². The topological polar surface area (TPSA) is 39.9 Å². The average Bonchev–Trinajstić information content (AvgIpc) is 3.34. The van der Waals surface area contributed by atoms with Crippen LogP contribution in [0.3, 0.4) is 0 Å². The highest BCUT2D eigenvalue weighted by Crippen LogP contribution is 2.28. The number of benzene rings is 1. The van der Waals surface area contributed by atoms with E-state index < -0.39 is 0 Å². The lowest BCUT2D eigenvalue weighted by atomic mass is 10.0. The Morgan fingerprint density at radius 3 is 2.92 bits per heavy atom. The van der Waals surface area contributed by atoms with Crippen molar-refractivity contribution in [3.8, 4) is 23.1 Å². The lowest BCUT2D eigenvalue weighted by molar-refractivity contribution is 0.00370. The molecule has 0 radical (unpaired) electrons. The van der Waals surface area contributed by atoms with Crippen molar-refractivity contribution < 1.29 is 9.13 Å². The fourth-order valence-electron chi connectivity index (χ4n) is 3.13. The second kappa shape index (κ2) is 6.97. The summed E-state index contributed by atoms with van der Waals surface area (Å²) in [7, 11) is 0. The summed E-state index contributed by atoms with van der Waals surface area (Å²) in [6.07, 6.45) is 7.72. The molecule has 2 aliphatic rings. The largest absolute Gasteiger partial charge is 0.376 e. The summed E-state index contributed by atoms with van der Waals surface area (Å²) in [5.41, 5.74) is 2.89. The highest BCUT2D eigenvalue weighted by molar-refractivity contribution is 5.64. The first kappa shape index (κ1) is 16.3. The Balaban J connectivity index is 1.53. The van der Waals surface area contributed by atoms with E-state index in [0.29, 0.717) is 23.7 Å². The van der Waals surface area contributed by atoms with Gasteiger partial charge >= 0.3 is 0 Å². The summed E-state index contributed by atoms with van der Waals surface area (Å²) in [4.78, 5) is 0. The third-order valence-electron chi connectivity index (χ3n) is 4.78. The van der Waals surface area contributed by atoms with Crippen LogP contribution in [0.15, 0.2) is 18.3 Å². The summed E-state index contributed by atoms with van der Waals surface area (Å²) in [6.45, 7) is 3.47. The van der Waals surface area contributed by atoms with Gasteiger partial charge in [0.1, 0.15) is 11.5 Å². The lowest BCUT2D eigenvalue weighted by Crippen LogP contribution is -2.24. The van der Waals surface area contributed by atoms with Crippen molar-refractivity contribution in [2.45, 2.75) is 51.7 Å². The maximum Gasteiger partial charge on any atom is 0.139 e. The molecule has 1 aromatic heterocycles. The monoisotopic (exact) mass is 339 g/mol. The molecule has 0 N–H and O–H groups in total. The van der Waals surface area contributed by atoms with Gasteiger partial charge in [-0.1, -0.05) is 17.1 Å². The van der Waals surface area contributed by atoms with Gasteiger partial charge in [0.2, 0.25) is 0 Å². The minimum absolute atomic E-state index is 0.196. The molecular weight excluding hydrogens is 317 g/mol. The number of nitrogens with zero attached hydrogens (tertiary/aromatic N) is 3. The van der Waals surface area contributed by atoms with Crippen molar-refractivity contribution in [3.63, 3.8) is 0 Å². The van der Waals surface area contributed by atoms with Gasteiger partial charge in [0.15, 0.2) is 0 Å². The van der Waals surface area contributed by atoms with Gasteiger partial charge in [0.05, 0.1) is 24.4 Å². The molecular formula is C20H22FN3O. The van der Waals surface area contributed by atoms with Crippen LogP contribution in [0.25, 0.3) is 11.3 Å². The second-order valence-electron chi connectivity index (χ2n) is 7.00. The molecule has 0 bridgehead atoms. The Morgan fingerprint density at radius 2 is 2.16 bits per heavy atom. The van der Waals surface area contributed by atoms with Gasteiger partial charge in [0, 0.05) is 18.1 Å². The molecule has 4 nitrogen and oxygen atoms in total. The van der Waals surface area contributed by atoms with E-state index in [1.807, 2.05) is 19.2 Å². The molecule has 5 heteroatoms. The van der Waals surface area contributed by atoms with Gasteiger partial charge < -0.3 is 4.74 Å². The van der Waals surface area contributed by atoms with Crippen LogP contribution in [0, 0.1) is 30.5 Å². The Hall–Kier alpha value is -2.19. The molecule has 130 valence electrons. The van der Waals surface area contributed by atoms with Gasteiger partial charge in [-0.2, -0.15) is 0 Å². The fourth-order valence-corrected chi connectivity index (χ4v) is 3.13. The van der Waals surface area contributed by atoms with Crippen molar-refractivity contribution in [2.75, 3.05) is 6.61 Å². The molecule has 0 unspecified atom stereocenters. The normalized spacial score (nSPS) is 20.2. The first-order valence-electron chi connectivity index (χ1n) is 9.03. The first-order chi connectivity index (χ1) is 12.2. The lowest BCUT2D eigenvalue weighted by Gasteiger charge is -2.21. The molecule has 1 saturated carbocycles. The van der Waals surface area contributed by atoms with E-state index in [9.17, 15) is 4.39 Å². The summed E-state index contributed by atoms with van der Waals surface area (Å²) in [6, 6.07) is 3.33. The third-order valence-corrected chi connectivity index (χ3v) is 4.78. The van der Waals surface area contributed by atoms with Crippen LogP contribution in [0.1, 0.15) is 43.2 Å². The van der Waals surface area contributed by atoms with Crippen LogP contribution in [-0.2, 0) is 11.3 Å². The van der Waals surface area contributed by atoms with Crippen molar-refractivity contribution in [1.82, 2.24) is 15.0 Å². The number of halogens is 1. The number of aromatic nitrogens is 3. The average molecular weight is 339 g/mol. The number of hydrogen-bond donors (Lipinski definition) is 0. The predicted molar refractivity (Wildman–Crippen MR) is 93.3 cm³/mol. The van der Waals surface area contributed by atoms with E-state index in [-0.39, 0.29) is 11.9 Å². The molecule has 2 aromatic rings. The van der Waals surface area contributed by atoms with E-state index in [2.05, 4.69) is 22.2 Å². The Labute approximate surface area is 147 Å². The number of ether oxygens (including phenoxy) is 1. The highest BCUT2D eigenvalue weighted by Gasteiger charge is 2.19. The van der Waals surface area contributed by atoms with Crippen molar-refractivity contribution >= 4 is 0 Å². The molecule has 0 spiro atoms. The summed E-state index contributed by atoms with van der Waals surface area (Å²) < 4.78 is 21.9. The molecule has 2 heterocycles. The van der Waals surface area contributed by atoms with Crippen molar-refractivity contribution in [1.29, 1.82) is 0 Å². The van der Waals surface area contributed by atoms with Crippen LogP contribution in [0.2, 0.25) is 0 Å². The molecule has 1 atom stereocenters. The maximum absolute atomic E-state index is 14.4. The Bertz CT molecular complexity index is 823. The van der Waals surface area contributed by atoms with Crippen LogP contribution < -0.4 is 0 Å². The molecule has 1 aromatic carbocycles. The number of hydrogen-bond acceptors (Lipinski definition) is 3. The van der Waals surface area contributed by atoms with E-state index >= 15 is 0 Å². The number of rotatable bonds is 3. The van der Waals surface area contributed by atoms with Crippen LogP contribution in [-0.4, -0.2) is 27.7 Å². The zero-order valence-corrected chi connectivity index (χ0v) is 14.5. The van der Waals surface area contributed by atoms with E-state index in [0.717, 1.165) is 43.4 Å². The SMILES string of the molecule is Cc1cc(C#CC2CC2)c(F)cc1-c1cn(C[C@H]2CCCCO2)nn1. The predicted octanol–water partition coefficient (Wildman–Crippen LogP) is 3.72. The van der Waals surface area contributed by atoms with Gasteiger partial charge in [-0.3, -0.25) is 0 Å². The molecule has 4 rings (SSSR count). The highest BCUT2D eigenvalue weighted by atomic mass is 19.1. The zero-order valence-electron chi connectivity index (χ0n) is 14.5. The van der Waals surface area contributed by atoms with Gasteiger partial charge in [-0.25, -0.2) is 9.07 Å². The molecule has 0 amide bonds. The number of aryl methyl sites for hydroxylation is 1. The van der Waals surface area contributed by atoms with Gasteiger partial charge in [0.25, 0.3) is 0 Å². The van der Waals surface area contributed by atoms with E-state index in [1.54, 1.807) is 4.68 Å². The smallest absolute Gasteiger partial charge is 0.139 e. The molecule has 2 fully saturated rings. The second-order valence-corrected chi connectivity index (χ2v) is 7.00. The quantitative estimate of drug-likeness (QED) is 0.800. The van der Waals surface area contributed by atoms with Gasteiger partial charge in [-0.15, -0.1) is 5.10 Å². The van der Waals surface area contributed by atoms with E-state index in [4.69, 9.17) is 4.74 Å². The molecule has 1 saturated heterocycles. The fraction of sp³-hybridized carbons (Fsp3) is 0.500. The zero-order chi connectivity index (χ0) is 17.2. The van der Waals surface area contributed by atoms with Crippen molar-refractivity contribution in [3.05, 3.63) is 35.3 Å². The Kier molecular flexibility index (Phi) is 4.54. The molecule has 25 heavy (non-hydrogen) atoms. The van der Waals surface area contributed by atoms with E-state index in [1.165, 1.54) is 12.5 Å². The summed E-state index contributed by atoms with van der Waals surface area (Å²) in [5, 5.41) is 8.41. The Morgan fingerprint density at radius 1 is 1.28 bits per heavy atom. The van der Waals surface area contributed by atoms with Crippen LogP contribution in [0.4, 0.5) is 4.39 Å². The third kappa shape index (κ3) is 3.91. The molecule has 1 aliphatic carbocycles. The first-order valence-corrected chi connectivity index (χ1v) is 9.03. The van der Waals surface area contributed by atoms with Gasteiger partial charge in [-0.05, 0) is 56.7 Å².